The van der Waals surface area contributed by atoms with E-state index >= 15 is 0 Å². The Kier molecular flexibility index (Phi) is 2.52. The van der Waals surface area contributed by atoms with Gasteiger partial charge < -0.3 is 0 Å². The van der Waals surface area contributed by atoms with Gasteiger partial charge in [-0.1, -0.05) is 18.2 Å². The van der Waals surface area contributed by atoms with Crippen LogP contribution in [-0.4, -0.2) is 10.2 Å². The van der Waals surface area contributed by atoms with Crippen LogP contribution in [0.3, 0.4) is 0 Å². The maximum absolute atomic E-state index is 12.9. The minimum Gasteiger partial charge on any atom is -0.207 e. The zero-order chi connectivity index (χ0) is 12.5. The summed E-state index contributed by atoms with van der Waals surface area (Å²) in [4.78, 5) is 0. The number of aryl methyl sites for hydroxylation is 1. The fourth-order valence-electron chi connectivity index (χ4n) is 2.07. The number of rotatable bonds is 1. The van der Waals surface area contributed by atoms with E-state index in [4.69, 9.17) is 0 Å². The van der Waals surface area contributed by atoms with Crippen molar-refractivity contribution in [3.63, 3.8) is 0 Å². The topological polar surface area (TPSA) is 25.8 Å². The number of hydrogen-bond donors (Lipinski definition) is 0. The summed E-state index contributed by atoms with van der Waals surface area (Å²) in [5.41, 5.74) is 3.62. The highest BCUT2D eigenvalue weighted by atomic mass is 19.1. The number of benzene rings is 2. The van der Waals surface area contributed by atoms with Crippen molar-refractivity contribution in [2.75, 3.05) is 0 Å². The smallest absolute Gasteiger partial charge is 0.123 e. The van der Waals surface area contributed by atoms with Crippen molar-refractivity contribution >= 4 is 10.9 Å². The van der Waals surface area contributed by atoms with Gasteiger partial charge >= 0.3 is 0 Å². The van der Waals surface area contributed by atoms with Gasteiger partial charge in [-0.2, -0.15) is 0 Å². The largest absolute Gasteiger partial charge is 0.207 e. The molecule has 0 aliphatic carbocycles. The molecule has 0 spiro atoms. The van der Waals surface area contributed by atoms with Crippen LogP contribution in [0.5, 0.6) is 0 Å². The lowest BCUT2D eigenvalue weighted by atomic mass is 10.0. The van der Waals surface area contributed by atoms with Crippen molar-refractivity contribution < 1.29 is 4.39 Å². The zero-order valence-electron chi connectivity index (χ0n) is 9.89. The van der Waals surface area contributed by atoms with E-state index in [0.29, 0.717) is 0 Å². The van der Waals surface area contributed by atoms with E-state index in [0.717, 1.165) is 27.7 Å². The molecule has 0 aliphatic heterocycles. The van der Waals surface area contributed by atoms with Crippen LogP contribution in [0.1, 0.15) is 5.56 Å². The highest BCUT2D eigenvalue weighted by Crippen LogP contribution is 2.25. The van der Waals surface area contributed by atoms with Gasteiger partial charge in [0.2, 0.25) is 0 Å². The summed E-state index contributed by atoms with van der Waals surface area (Å²) in [6.07, 6.45) is 0. The summed E-state index contributed by atoms with van der Waals surface area (Å²) in [5, 5.41) is 9.51. The summed E-state index contributed by atoms with van der Waals surface area (Å²) < 4.78 is 12.9. The summed E-state index contributed by atoms with van der Waals surface area (Å²) in [6, 6.07) is 14.2. The monoisotopic (exact) mass is 238 g/mol. The van der Waals surface area contributed by atoms with Gasteiger partial charge in [0.15, 0.2) is 0 Å². The number of aromatic nitrogens is 2. The average Bonchev–Trinajstić information content (AvgIpc) is 2.41. The van der Waals surface area contributed by atoms with E-state index in [2.05, 4.69) is 10.2 Å². The molecule has 0 amide bonds. The Morgan fingerprint density at radius 3 is 2.39 bits per heavy atom. The molecule has 1 heterocycles. The molecular formula is C15H11FN2. The Morgan fingerprint density at radius 2 is 1.61 bits per heavy atom. The number of nitrogens with zero attached hydrogens (tertiary/aromatic N) is 2. The molecule has 0 saturated heterocycles. The summed E-state index contributed by atoms with van der Waals surface area (Å²) in [5.74, 6) is -0.245. The zero-order valence-corrected chi connectivity index (χ0v) is 9.89. The molecule has 0 atom stereocenters. The second-order valence-electron chi connectivity index (χ2n) is 4.20. The van der Waals surface area contributed by atoms with Crippen LogP contribution < -0.4 is 0 Å². The van der Waals surface area contributed by atoms with Crippen LogP contribution in [0.4, 0.5) is 4.39 Å². The van der Waals surface area contributed by atoms with Crippen LogP contribution >= 0.6 is 0 Å². The summed E-state index contributed by atoms with van der Waals surface area (Å²) in [7, 11) is 0. The molecule has 2 aromatic carbocycles. The number of halogens is 1. The van der Waals surface area contributed by atoms with E-state index in [1.165, 1.54) is 12.1 Å². The van der Waals surface area contributed by atoms with Gasteiger partial charge in [-0.05, 0) is 42.8 Å². The quantitative estimate of drug-likeness (QED) is 0.645. The lowest BCUT2D eigenvalue weighted by Crippen LogP contribution is -1.94. The second kappa shape index (κ2) is 4.18. The first-order chi connectivity index (χ1) is 8.75. The third-order valence-electron chi connectivity index (χ3n) is 3.04. The Balaban J connectivity index is 2.24. The van der Waals surface area contributed by atoms with Crippen LogP contribution in [0, 0.1) is 12.7 Å². The molecule has 0 radical (unpaired) electrons. The van der Waals surface area contributed by atoms with Crippen molar-refractivity contribution in [3.05, 3.63) is 59.9 Å². The van der Waals surface area contributed by atoms with Gasteiger partial charge in [-0.25, -0.2) is 4.39 Å². The third-order valence-corrected chi connectivity index (χ3v) is 3.04. The maximum atomic E-state index is 12.9. The molecule has 0 N–H and O–H groups in total. The lowest BCUT2D eigenvalue weighted by Gasteiger charge is -2.07. The average molecular weight is 238 g/mol. The molecule has 18 heavy (non-hydrogen) atoms. The molecule has 0 fully saturated rings. The second-order valence-corrected chi connectivity index (χ2v) is 4.20. The SMILES string of the molecule is Cc1c(-c2ccc(F)cc2)nnc2ccccc12. The first-order valence-electron chi connectivity index (χ1n) is 5.73. The molecule has 3 aromatic rings. The van der Waals surface area contributed by atoms with Gasteiger partial charge in [0, 0.05) is 10.9 Å². The van der Waals surface area contributed by atoms with Crippen molar-refractivity contribution in [2.45, 2.75) is 6.92 Å². The molecule has 3 rings (SSSR count). The van der Waals surface area contributed by atoms with E-state index in [1.807, 2.05) is 31.2 Å². The Morgan fingerprint density at radius 1 is 0.889 bits per heavy atom. The molecule has 0 aliphatic rings. The van der Waals surface area contributed by atoms with E-state index in [9.17, 15) is 4.39 Å². The van der Waals surface area contributed by atoms with E-state index in [1.54, 1.807) is 12.1 Å². The van der Waals surface area contributed by atoms with Crippen LogP contribution in [-0.2, 0) is 0 Å². The maximum Gasteiger partial charge on any atom is 0.123 e. The van der Waals surface area contributed by atoms with E-state index < -0.39 is 0 Å². The number of fused-ring (bicyclic) bond motifs is 1. The Labute approximate surface area is 104 Å². The lowest BCUT2D eigenvalue weighted by molar-refractivity contribution is 0.628. The van der Waals surface area contributed by atoms with Crippen molar-refractivity contribution in [3.8, 4) is 11.3 Å². The Hall–Kier alpha value is -2.29. The molecular weight excluding hydrogens is 227 g/mol. The molecule has 0 unspecified atom stereocenters. The first kappa shape index (κ1) is 10.8. The van der Waals surface area contributed by atoms with Crippen LogP contribution in [0.2, 0.25) is 0 Å². The molecule has 2 nitrogen and oxygen atoms in total. The van der Waals surface area contributed by atoms with Crippen molar-refractivity contribution in [1.82, 2.24) is 10.2 Å². The molecule has 0 saturated carbocycles. The minimum absolute atomic E-state index is 0.245. The van der Waals surface area contributed by atoms with Gasteiger partial charge in [-0.15, -0.1) is 10.2 Å². The molecule has 3 heteroatoms. The predicted molar refractivity (Wildman–Crippen MR) is 69.7 cm³/mol. The first-order valence-corrected chi connectivity index (χ1v) is 5.73. The van der Waals surface area contributed by atoms with Gasteiger partial charge in [-0.3, -0.25) is 0 Å². The van der Waals surface area contributed by atoms with E-state index in [-0.39, 0.29) is 5.82 Å². The highest BCUT2D eigenvalue weighted by Gasteiger charge is 2.08. The molecule has 1 aromatic heterocycles. The Bertz CT molecular complexity index is 705. The fraction of sp³-hybridized carbons (Fsp3) is 0.0667. The molecule has 0 bridgehead atoms. The fourth-order valence-corrected chi connectivity index (χ4v) is 2.07. The third kappa shape index (κ3) is 1.74. The predicted octanol–water partition coefficient (Wildman–Crippen LogP) is 3.74. The normalized spacial score (nSPS) is 10.8. The summed E-state index contributed by atoms with van der Waals surface area (Å²) >= 11 is 0. The highest BCUT2D eigenvalue weighted by molar-refractivity contribution is 5.86. The summed E-state index contributed by atoms with van der Waals surface area (Å²) in [6.45, 7) is 2.01. The van der Waals surface area contributed by atoms with Crippen LogP contribution in [0.25, 0.3) is 22.2 Å². The van der Waals surface area contributed by atoms with Gasteiger partial charge in [0.05, 0.1) is 11.2 Å². The number of hydrogen-bond acceptors (Lipinski definition) is 2. The molecule has 88 valence electrons. The minimum atomic E-state index is -0.245. The van der Waals surface area contributed by atoms with Gasteiger partial charge in [0.25, 0.3) is 0 Å². The van der Waals surface area contributed by atoms with Crippen LogP contribution in [0.15, 0.2) is 48.5 Å². The standard InChI is InChI=1S/C15H11FN2/c1-10-13-4-2-3-5-14(13)17-18-15(10)11-6-8-12(16)9-7-11/h2-9H,1H3. The van der Waals surface area contributed by atoms with Gasteiger partial charge in [0.1, 0.15) is 5.82 Å². The van der Waals surface area contributed by atoms with Crippen molar-refractivity contribution in [1.29, 1.82) is 0 Å². The van der Waals surface area contributed by atoms with Crippen molar-refractivity contribution in [2.24, 2.45) is 0 Å².